The molecule has 0 fully saturated rings. The monoisotopic (exact) mass is 360 g/mol. The molecule has 0 spiro atoms. The largest absolute Gasteiger partial charge is 0.397 e. The lowest BCUT2D eigenvalue weighted by atomic mass is 10.1. The van der Waals surface area contributed by atoms with Gasteiger partial charge >= 0.3 is 0 Å². The van der Waals surface area contributed by atoms with Crippen LogP contribution in [0.15, 0.2) is 15.0 Å². The summed E-state index contributed by atoms with van der Waals surface area (Å²) in [5.74, 6) is -0.536. The number of amides is 2. The lowest BCUT2D eigenvalue weighted by Gasteiger charge is -2.11. The molecule has 2 amide bonds. The smallest absolute Gasteiger partial charge is 0.262 e. The number of carbonyl (C=O) groups is 2. The zero-order chi connectivity index (χ0) is 12.7. The van der Waals surface area contributed by atoms with E-state index in [-0.39, 0.29) is 11.8 Å². The number of hydrogen-bond acceptors (Lipinski definition) is 3. The van der Waals surface area contributed by atoms with Crippen LogP contribution in [0.3, 0.4) is 0 Å². The van der Waals surface area contributed by atoms with E-state index in [4.69, 9.17) is 5.73 Å². The summed E-state index contributed by atoms with van der Waals surface area (Å²) in [5.41, 5.74) is 7.00. The van der Waals surface area contributed by atoms with Gasteiger partial charge in [0.25, 0.3) is 11.8 Å². The molecule has 0 saturated carbocycles. The lowest BCUT2D eigenvalue weighted by molar-refractivity contribution is 0.0654. The number of nitrogens with two attached hydrogens (primary N) is 1. The number of nitrogens with zero attached hydrogens (tertiary/aromatic N) is 1. The maximum atomic E-state index is 12.1. The first-order valence-corrected chi connectivity index (χ1v) is 6.71. The molecule has 90 valence electrons. The topological polar surface area (TPSA) is 63.4 Å². The SMILES string of the molecule is CCCN1C(=O)c2cc(Br)c(N)c(Br)c2C1=O. The third-order valence-corrected chi connectivity index (χ3v) is 4.12. The van der Waals surface area contributed by atoms with Gasteiger partial charge < -0.3 is 5.73 Å². The van der Waals surface area contributed by atoms with Crippen molar-refractivity contribution < 1.29 is 9.59 Å². The molecular weight excluding hydrogens is 352 g/mol. The van der Waals surface area contributed by atoms with E-state index in [1.165, 1.54) is 4.90 Å². The molecule has 2 rings (SSSR count). The van der Waals surface area contributed by atoms with E-state index in [2.05, 4.69) is 31.9 Å². The summed E-state index contributed by atoms with van der Waals surface area (Å²) in [6, 6.07) is 1.60. The number of imide groups is 1. The second kappa shape index (κ2) is 4.42. The van der Waals surface area contributed by atoms with Gasteiger partial charge in [0.05, 0.1) is 21.3 Å². The summed E-state index contributed by atoms with van der Waals surface area (Å²) in [6.07, 6.45) is 0.736. The molecule has 0 bridgehead atoms. The van der Waals surface area contributed by atoms with Gasteiger partial charge in [-0.15, -0.1) is 0 Å². The van der Waals surface area contributed by atoms with Crippen molar-refractivity contribution in [2.45, 2.75) is 13.3 Å². The van der Waals surface area contributed by atoms with Gasteiger partial charge in [-0.2, -0.15) is 0 Å². The van der Waals surface area contributed by atoms with Crippen LogP contribution in [-0.2, 0) is 0 Å². The Hall–Kier alpha value is -0.880. The van der Waals surface area contributed by atoms with Crippen LogP contribution in [0.2, 0.25) is 0 Å². The van der Waals surface area contributed by atoms with Crippen molar-refractivity contribution in [2.24, 2.45) is 0 Å². The van der Waals surface area contributed by atoms with E-state index >= 15 is 0 Å². The molecule has 1 aromatic carbocycles. The predicted molar refractivity (Wildman–Crippen MR) is 71.9 cm³/mol. The normalized spacial score (nSPS) is 14.4. The van der Waals surface area contributed by atoms with E-state index in [1.807, 2.05) is 6.92 Å². The van der Waals surface area contributed by atoms with Crippen molar-refractivity contribution >= 4 is 49.4 Å². The molecule has 0 saturated heterocycles. The van der Waals surface area contributed by atoms with Crippen LogP contribution in [0.4, 0.5) is 5.69 Å². The van der Waals surface area contributed by atoms with Gasteiger partial charge in [-0.25, -0.2) is 0 Å². The fourth-order valence-corrected chi connectivity index (χ4v) is 3.10. The zero-order valence-electron chi connectivity index (χ0n) is 9.09. The highest BCUT2D eigenvalue weighted by Crippen LogP contribution is 2.38. The first kappa shape index (κ1) is 12.6. The van der Waals surface area contributed by atoms with Crippen molar-refractivity contribution in [3.8, 4) is 0 Å². The molecule has 0 radical (unpaired) electrons. The van der Waals surface area contributed by atoms with E-state index in [0.29, 0.717) is 32.3 Å². The van der Waals surface area contributed by atoms with Crippen molar-refractivity contribution in [1.29, 1.82) is 0 Å². The van der Waals surface area contributed by atoms with Gasteiger partial charge in [-0.3, -0.25) is 14.5 Å². The fourth-order valence-electron chi connectivity index (χ4n) is 1.81. The highest BCUT2D eigenvalue weighted by Gasteiger charge is 2.37. The maximum absolute atomic E-state index is 12.1. The van der Waals surface area contributed by atoms with Crippen molar-refractivity contribution in [3.05, 3.63) is 26.1 Å². The second-order valence-corrected chi connectivity index (χ2v) is 5.42. The molecule has 4 nitrogen and oxygen atoms in total. The van der Waals surface area contributed by atoms with Crippen LogP contribution in [0.25, 0.3) is 0 Å². The number of fused-ring (bicyclic) bond motifs is 1. The molecule has 1 heterocycles. The number of benzene rings is 1. The lowest BCUT2D eigenvalue weighted by Crippen LogP contribution is -2.30. The first-order valence-electron chi connectivity index (χ1n) is 5.12. The summed E-state index contributed by atoms with van der Waals surface area (Å²) in [7, 11) is 0. The van der Waals surface area contributed by atoms with Gasteiger partial charge in [0.15, 0.2) is 0 Å². The Labute approximate surface area is 115 Å². The summed E-state index contributed by atoms with van der Waals surface area (Å²) in [4.78, 5) is 25.4. The first-order chi connectivity index (χ1) is 7.99. The second-order valence-electron chi connectivity index (χ2n) is 3.77. The number of anilines is 1. The Bertz CT molecular complexity index is 529. The molecular formula is C11H10Br2N2O2. The molecule has 0 atom stereocenters. The standard InChI is InChI=1S/C11H10Br2N2O2/c1-2-3-15-10(16)5-4-6(12)9(14)8(13)7(5)11(15)17/h4H,2-3,14H2,1H3. The van der Waals surface area contributed by atoms with Gasteiger partial charge in [0, 0.05) is 11.0 Å². The summed E-state index contributed by atoms with van der Waals surface area (Å²) in [5, 5.41) is 0. The Balaban J connectivity index is 2.62. The Morgan fingerprint density at radius 1 is 1.29 bits per heavy atom. The van der Waals surface area contributed by atoms with E-state index in [0.717, 1.165) is 6.42 Å². The maximum Gasteiger partial charge on any atom is 0.262 e. The fraction of sp³-hybridized carbons (Fsp3) is 0.273. The molecule has 1 aliphatic rings. The van der Waals surface area contributed by atoms with Crippen LogP contribution in [0.1, 0.15) is 34.1 Å². The number of hydrogen-bond donors (Lipinski definition) is 1. The van der Waals surface area contributed by atoms with E-state index in [1.54, 1.807) is 6.07 Å². The van der Waals surface area contributed by atoms with Crippen molar-refractivity contribution in [2.75, 3.05) is 12.3 Å². The van der Waals surface area contributed by atoms with Crippen LogP contribution >= 0.6 is 31.9 Å². The minimum atomic E-state index is -0.280. The van der Waals surface area contributed by atoms with Crippen LogP contribution in [0, 0.1) is 0 Å². The quantitative estimate of drug-likeness (QED) is 0.650. The predicted octanol–water partition coefficient (Wildman–Crippen LogP) is 2.80. The van der Waals surface area contributed by atoms with Crippen LogP contribution < -0.4 is 5.73 Å². The minimum absolute atomic E-state index is 0.256. The summed E-state index contributed by atoms with van der Waals surface area (Å²) >= 11 is 6.54. The third kappa shape index (κ3) is 1.79. The minimum Gasteiger partial charge on any atom is -0.397 e. The number of carbonyl (C=O) groups excluding carboxylic acids is 2. The molecule has 17 heavy (non-hydrogen) atoms. The van der Waals surface area contributed by atoms with Gasteiger partial charge in [0.1, 0.15) is 0 Å². The highest BCUT2D eigenvalue weighted by atomic mass is 79.9. The average Bonchev–Trinajstić information content (AvgIpc) is 2.52. The van der Waals surface area contributed by atoms with Crippen LogP contribution in [0.5, 0.6) is 0 Å². The summed E-state index contributed by atoms with van der Waals surface area (Å²) in [6.45, 7) is 2.35. The number of halogens is 2. The van der Waals surface area contributed by atoms with Gasteiger partial charge in [-0.1, -0.05) is 6.92 Å². The zero-order valence-corrected chi connectivity index (χ0v) is 12.3. The number of rotatable bonds is 2. The molecule has 0 unspecified atom stereocenters. The molecule has 0 aromatic heterocycles. The van der Waals surface area contributed by atoms with E-state index in [9.17, 15) is 9.59 Å². The molecule has 0 aliphatic carbocycles. The Kier molecular flexibility index (Phi) is 3.27. The summed E-state index contributed by atoms with van der Waals surface area (Å²) < 4.78 is 1.10. The van der Waals surface area contributed by atoms with Crippen LogP contribution in [-0.4, -0.2) is 23.3 Å². The Morgan fingerprint density at radius 2 is 1.94 bits per heavy atom. The highest BCUT2D eigenvalue weighted by molar-refractivity contribution is 9.11. The third-order valence-electron chi connectivity index (χ3n) is 2.64. The Morgan fingerprint density at radius 3 is 2.53 bits per heavy atom. The van der Waals surface area contributed by atoms with Gasteiger partial charge in [0.2, 0.25) is 0 Å². The average molecular weight is 362 g/mol. The van der Waals surface area contributed by atoms with Crippen molar-refractivity contribution in [1.82, 2.24) is 4.90 Å². The molecule has 1 aliphatic heterocycles. The molecule has 2 N–H and O–H groups in total. The van der Waals surface area contributed by atoms with Gasteiger partial charge in [-0.05, 0) is 44.3 Å². The van der Waals surface area contributed by atoms with E-state index < -0.39 is 0 Å². The number of nitrogen functional groups attached to an aromatic ring is 1. The van der Waals surface area contributed by atoms with Crippen molar-refractivity contribution in [3.63, 3.8) is 0 Å². The molecule has 6 heteroatoms. The molecule has 1 aromatic rings.